The molecule has 0 aliphatic carbocycles. The quantitative estimate of drug-likeness (QED) is 0.755. The highest BCUT2D eigenvalue weighted by Gasteiger charge is 2.39. The molecule has 0 aliphatic rings. The average molecular weight is 200 g/mol. The fourth-order valence-corrected chi connectivity index (χ4v) is 0.903. The molecule has 0 amide bonds. The molecular weight excluding hydrogens is 195 g/mol. The summed E-state index contributed by atoms with van der Waals surface area (Å²) in [4.78, 5) is 0. The van der Waals surface area contributed by atoms with Gasteiger partial charge in [0.25, 0.3) is 0 Å². The van der Waals surface area contributed by atoms with Crippen LogP contribution in [0.2, 0.25) is 5.02 Å². The van der Waals surface area contributed by atoms with Gasteiger partial charge < -0.3 is 10.2 Å². The molecule has 0 bridgehead atoms. The monoisotopic (exact) mass is 199 g/mol. The summed E-state index contributed by atoms with van der Waals surface area (Å²) >= 11 is 5.37. The summed E-state index contributed by atoms with van der Waals surface area (Å²) in [5.41, 5.74) is 4.60. The summed E-state index contributed by atoms with van der Waals surface area (Å²) in [5.74, 6) is 0. The predicted octanol–water partition coefficient (Wildman–Crippen LogP) is 2.50. The van der Waals surface area contributed by atoms with Crippen molar-refractivity contribution in [3.05, 3.63) is 23.1 Å². The molecule has 2 N–H and O–H groups in total. The van der Waals surface area contributed by atoms with Crippen LogP contribution in [0.4, 0.5) is 13.2 Å². The molecule has 12 heavy (non-hydrogen) atoms. The highest BCUT2D eigenvalue weighted by atomic mass is 35.5. The summed E-state index contributed by atoms with van der Waals surface area (Å²) in [6.07, 6.45) is -2.60. The lowest BCUT2D eigenvalue weighted by atomic mass is 10.1. The van der Waals surface area contributed by atoms with Crippen LogP contribution in [0, 0.1) is 0 Å². The maximum Gasteiger partial charge on any atom is 0.407 e. The van der Waals surface area contributed by atoms with E-state index in [4.69, 9.17) is 17.3 Å². The van der Waals surface area contributed by atoms with Gasteiger partial charge in [-0.2, -0.15) is 13.2 Å². The van der Waals surface area contributed by atoms with Crippen LogP contribution >= 0.6 is 11.6 Å². The number of furan rings is 1. The smallest absolute Gasteiger partial charge is 0.407 e. The Kier molecular flexibility index (Phi) is 2.34. The Morgan fingerprint density at radius 1 is 1.42 bits per heavy atom. The molecule has 0 aliphatic heterocycles. The van der Waals surface area contributed by atoms with Gasteiger partial charge in [0, 0.05) is 5.56 Å². The molecule has 0 aromatic carbocycles. The summed E-state index contributed by atoms with van der Waals surface area (Å²) in [6.45, 7) is 0. The number of halogens is 4. The van der Waals surface area contributed by atoms with Gasteiger partial charge in [0.05, 0.1) is 11.3 Å². The SMILES string of the molecule is NC(c1cocc1Cl)C(F)(F)F. The van der Waals surface area contributed by atoms with Gasteiger partial charge in [-0.3, -0.25) is 0 Å². The Balaban J connectivity index is 2.92. The molecule has 1 heterocycles. The molecular formula is C6H5ClF3NO. The first kappa shape index (κ1) is 9.41. The summed E-state index contributed by atoms with van der Waals surface area (Å²) < 4.78 is 40.4. The van der Waals surface area contributed by atoms with Crippen molar-refractivity contribution in [1.82, 2.24) is 0 Å². The van der Waals surface area contributed by atoms with Crippen molar-refractivity contribution in [3.63, 3.8) is 0 Å². The Hall–Kier alpha value is -0.680. The van der Waals surface area contributed by atoms with Crippen molar-refractivity contribution in [3.8, 4) is 0 Å². The zero-order valence-corrected chi connectivity index (χ0v) is 6.49. The fourth-order valence-electron chi connectivity index (χ4n) is 0.690. The molecule has 1 aromatic heterocycles. The Bertz CT molecular complexity index is 270. The molecule has 0 saturated heterocycles. The van der Waals surface area contributed by atoms with Crippen LogP contribution in [0.5, 0.6) is 0 Å². The lowest BCUT2D eigenvalue weighted by Gasteiger charge is -2.13. The number of alkyl halides is 3. The number of hydrogen-bond acceptors (Lipinski definition) is 2. The minimum absolute atomic E-state index is 0.111. The van der Waals surface area contributed by atoms with Gasteiger partial charge in [0.15, 0.2) is 0 Å². The third-order valence-corrected chi connectivity index (χ3v) is 1.64. The normalized spacial score (nSPS) is 14.8. The lowest BCUT2D eigenvalue weighted by molar-refractivity contribution is -0.149. The van der Waals surface area contributed by atoms with Crippen LogP contribution in [0.1, 0.15) is 11.6 Å². The van der Waals surface area contributed by atoms with Crippen molar-refractivity contribution in [2.24, 2.45) is 5.73 Å². The fraction of sp³-hybridized carbons (Fsp3) is 0.333. The second-order valence-corrected chi connectivity index (χ2v) is 2.60. The van der Waals surface area contributed by atoms with Crippen LogP contribution < -0.4 is 5.73 Å². The Labute approximate surface area is 71.1 Å². The van der Waals surface area contributed by atoms with E-state index < -0.39 is 12.2 Å². The summed E-state index contributed by atoms with van der Waals surface area (Å²) in [6, 6.07) is -2.08. The lowest BCUT2D eigenvalue weighted by Crippen LogP contribution is -2.28. The molecule has 68 valence electrons. The van der Waals surface area contributed by atoms with Gasteiger partial charge in [-0.05, 0) is 0 Å². The number of hydrogen-bond donors (Lipinski definition) is 1. The van der Waals surface area contributed by atoms with Gasteiger partial charge in [-0.25, -0.2) is 0 Å². The molecule has 1 unspecified atom stereocenters. The molecule has 1 aromatic rings. The zero-order chi connectivity index (χ0) is 9.35. The average Bonchev–Trinajstić information content (AvgIpc) is 2.31. The largest absolute Gasteiger partial charge is 0.471 e. The maximum absolute atomic E-state index is 12.0. The third-order valence-electron chi connectivity index (χ3n) is 1.33. The first-order valence-electron chi connectivity index (χ1n) is 2.97. The third kappa shape index (κ3) is 1.73. The molecule has 0 radical (unpaired) electrons. The van der Waals surface area contributed by atoms with E-state index in [9.17, 15) is 13.2 Å². The van der Waals surface area contributed by atoms with Crippen LogP contribution in [0.3, 0.4) is 0 Å². The van der Waals surface area contributed by atoms with E-state index in [1.54, 1.807) is 0 Å². The molecule has 0 fully saturated rings. The molecule has 0 spiro atoms. The maximum atomic E-state index is 12.0. The Morgan fingerprint density at radius 3 is 2.33 bits per heavy atom. The van der Waals surface area contributed by atoms with E-state index in [2.05, 4.69) is 4.42 Å². The molecule has 6 heteroatoms. The van der Waals surface area contributed by atoms with Crippen molar-refractivity contribution < 1.29 is 17.6 Å². The van der Waals surface area contributed by atoms with E-state index in [0.29, 0.717) is 0 Å². The van der Waals surface area contributed by atoms with Crippen LogP contribution in [-0.2, 0) is 0 Å². The zero-order valence-electron chi connectivity index (χ0n) is 5.73. The second kappa shape index (κ2) is 2.99. The summed E-state index contributed by atoms with van der Waals surface area (Å²) in [7, 11) is 0. The van der Waals surface area contributed by atoms with Crippen molar-refractivity contribution in [1.29, 1.82) is 0 Å². The first-order chi connectivity index (χ1) is 5.43. The minimum atomic E-state index is -4.49. The van der Waals surface area contributed by atoms with E-state index in [1.807, 2.05) is 0 Å². The van der Waals surface area contributed by atoms with E-state index >= 15 is 0 Å². The van der Waals surface area contributed by atoms with Gasteiger partial charge in [0.1, 0.15) is 12.3 Å². The van der Waals surface area contributed by atoms with E-state index in [1.165, 1.54) is 0 Å². The topological polar surface area (TPSA) is 39.2 Å². The minimum Gasteiger partial charge on any atom is -0.471 e. The molecule has 1 rings (SSSR count). The van der Waals surface area contributed by atoms with Gasteiger partial charge in [-0.15, -0.1) is 0 Å². The Morgan fingerprint density at radius 2 is 2.00 bits per heavy atom. The van der Waals surface area contributed by atoms with Crippen LogP contribution in [-0.4, -0.2) is 6.18 Å². The van der Waals surface area contributed by atoms with Gasteiger partial charge in [-0.1, -0.05) is 11.6 Å². The van der Waals surface area contributed by atoms with Crippen LogP contribution in [0.15, 0.2) is 16.9 Å². The van der Waals surface area contributed by atoms with Gasteiger partial charge >= 0.3 is 6.18 Å². The summed E-state index contributed by atoms with van der Waals surface area (Å²) in [5, 5.41) is -0.111. The highest BCUT2D eigenvalue weighted by Crippen LogP contribution is 2.34. The predicted molar refractivity (Wildman–Crippen MR) is 36.7 cm³/mol. The van der Waals surface area contributed by atoms with E-state index in [0.717, 1.165) is 12.5 Å². The van der Waals surface area contributed by atoms with Crippen molar-refractivity contribution in [2.75, 3.05) is 0 Å². The number of nitrogens with two attached hydrogens (primary N) is 1. The van der Waals surface area contributed by atoms with Crippen molar-refractivity contribution >= 4 is 11.6 Å². The standard InChI is InChI=1S/C6H5ClF3NO/c7-4-2-12-1-3(4)5(11)6(8,9)10/h1-2,5H,11H2. The molecule has 0 saturated carbocycles. The first-order valence-corrected chi connectivity index (χ1v) is 3.34. The molecule has 1 atom stereocenters. The van der Waals surface area contributed by atoms with Gasteiger partial charge in [0.2, 0.25) is 0 Å². The van der Waals surface area contributed by atoms with E-state index in [-0.39, 0.29) is 10.6 Å². The van der Waals surface area contributed by atoms with Crippen molar-refractivity contribution in [2.45, 2.75) is 12.2 Å². The number of rotatable bonds is 1. The van der Waals surface area contributed by atoms with Crippen LogP contribution in [0.25, 0.3) is 0 Å². The molecule has 2 nitrogen and oxygen atoms in total. The highest BCUT2D eigenvalue weighted by molar-refractivity contribution is 6.31. The second-order valence-electron chi connectivity index (χ2n) is 2.19.